The average Bonchev–Trinajstić information content (AvgIpc) is 2.85. The van der Waals surface area contributed by atoms with Gasteiger partial charge in [-0.3, -0.25) is 0 Å². The quantitative estimate of drug-likeness (QED) is 0.922. The molecule has 3 rings (SSSR count). The maximum Gasteiger partial charge on any atom is 0.183 e. The number of halogens is 1. The van der Waals surface area contributed by atoms with Crippen LogP contribution in [-0.2, 0) is 0 Å². The molecule has 0 bridgehead atoms. The summed E-state index contributed by atoms with van der Waals surface area (Å²) in [5.41, 5.74) is 0.990. The number of thiazole rings is 1. The van der Waals surface area contributed by atoms with Gasteiger partial charge in [-0.2, -0.15) is 0 Å². The van der Waals surface area contributed by atoms with Crippen molar-refractivity contribution in [3.05, 3.63) is 23.2 Å². The van der Waals surface area contributed by atoms with Gasteiger partial charge in [0, 0.05) is 6.54 Å². The van der Waals surface area contributed by atoms with Crippen LogP contribution < -0.4 is 5.32 Å². The summed E-state index contributed by atoms with van der Waals surface area (Å²) in [6, 6.07) is 5.89. The number of nitrogens with zero attached hydrogens (tertiary/aromatic N) is 2. The second-order valence-corrected chi connectivity index (χ2v) is 6.98. The van der Waals surface area contributed by atoms with E-state index >= 15 is 0 Å². The second kappa shape index (κ2) is 6.29. The zero-order valence-corrected chi connectivity index (χ0v) is 13.3. The predicted molar refractivity (Wildman–Crippen MR) is 88.0 cm³/mol. The highest BCUT2D eigenvalue weighted by Gasteiger charge is 2.16. The number of anilines is 1. The Morgan fingerprint density at radius 3 is 2.95 bits per heavy atom. The van der Waals surface area contributed by atoms with Gasteiger partial charge in [0.15, 0.2) is 5.13 Å². The molecule has 0 spiro atoms. The molecule has 0 saturated carbocycles. The SMILES string of the molecule is CN1CCC(CCNc2nc3cccc(Cl)c3s2)CC1. The lowest BCUT2D eigenvalue weighted by molar-refractivity contribution is 0.215. The molecule has 0 atom stereocenters. The lowest BCUT2D eigenvalue weighted by Gasteiger charge is -2.28. The van der Waals surface area contributed by atoms with Gasteiger partial charge < -0.3 is 10.2 Å². The normalized spacial score (nSPS) is 17.7. The first kappa shape index (κ1) is 14.1. The highest BCUT2D eigenvalue weighted by molar-refractivity contribution is 7.22. The molecule has 2 aromatic rings. The molecule has 1 aliphatic rings. The van der Waals surface area contributed by atoms with Gasteiger partial charge in [0.25, 0.3) is 0 Å². The van der Waals surface area contributed by atoms with Crippen molar-refractivity contribution in [3.8, 4) is 0 Å². The third-order valence-corrected chi connectivity index (χ3v) is 5.52. The van der Waals surface area contributed by atoms with E-state index in [2.05, 4.69) is 22.2 Å². The highest BCUT2D eigenvalue weighted by Crippen LogP contribution is 2.31. The number of fused-ring (bicyclic) bond motifs is 1. The van der Waals surface area contributed by atoms with Crippen LogP contribution in [0.1, 0.15) is 19.3 Å². The van der Waals surface area contributed by atoms with E-state index < -0.39 is 0 Å². The summed E-state index contributed by atoms with van der Waals surface area (Å²) in [4.78, 5) is 7.00. The van der Waals surface area contributed by atoms with Gasteiger partial charge >= 0.3 is 0 Å². The van der Waals surface area contributed by atoms with Gasteiger partial charge in [0.1, 0.15) is 0 Å². The van der Waals surface area contributed by atoms with Crippen LogP contribution in [0.3, 0.4) is 0 Å². The minimum absolute atomic E-state index is 0.795. The van der Waals surface area contributed by atoms with Gasteiger partial charge in [0.2, 0.25) is 0 Å². The van der Waals surface area contributed by atoms with E-state index in [1.807, 2.05) is 18.2 Å². The van der Waals surface area contributed by atoms with Crippen LogP contribution in [0.25, 0.3) is 10.2 Å². The van der Waals surface area contributed by atoms with Crippen molar-refractivity contribution in [1.82, 2.24) is 9.88 Å². The summed E-state index contributed by atoms with van der Waals surface area (Å²) in [5, 5.41) is 5.24. The first-order valence-electron chi connectivity index (χ1n) is 7.20. The van der Waals surface area contributed by atoms with Gasteiger partial charge in [-0.15, -0.1) is 0 Å². The monoisotopic (exact) mass is 309 g/mol. The Morgan fingerprint density at radius 2 is 2.20 bits per heavy atom. The third-order valence-electron chi connectivity index (χ3n) is 4.03. The van der Waals surface area contributed by atoms with E-state index in [-0.39, 0.29) is 0 Å². The lowest BCUT2D eigenvalue weighted by Crippen LogP contribution is -2.30. The molecule has 1 aromatic carbocycles. The molecule has 0 radical (unpaired) electrons. The lowest BCUT2D eigenvalue weighted by atomic mass is 9.94. The van der Waals surface area contributed by atoms with Crippen molar-refractivity contribution < 1.29 is 0 Å². The van der Waals surface area contributed by atoms with Gasteiger partial charge in [-0.25, -0.2) is 4.98 Å². The van der Waals surface area contributed by atoms with Crippen LogP contribution in [0.15, 0.2) is 18.2 Å². The maximum absolute atomic E-state index is 6.18. The number of hydrogen-bond acceptors (Lipinski definition) is 4. The van der Waals surface area contributed by atoms with E-state index in [0.29, 0.717) is 0 Å². The molecule has 2 heterocycles. The topological polar surface area (TPSA) is 28.2 Å². The predicted octanol–water partition coefficient (Wildman–Crippen LogP) is 4.09. The Labute approximate surface area is 128 Å². The fourth-order valence-electron chi connectivity index (χ4n) is 2.73. The average molecular weight is 310 g/mol. The smallest absolute Gasteiger partial charge is 0.183 e. The molecule has 0 unspecified atom stereocenters. The van der Waals surface area contributed by atoms with E-state index in [1.165, 1.54) is 32.4 Å². The number of aromatic nitrogens is 1. The van der Waals surface area contributed by atoms with Crippen molar-refractivity contribution in [3.63, 3.8) is 0 Å². The van der Waals surface area contributed by atoms with Crippen LogP contribution in [0.4, 0.5) is 5.13 Å². The first-order valence-corrected chi connectivity index (χ1v) is 8.39. The van der Waals surface area contributed by atoms with Crippen LogP contribution >= 0.6 is 22.9 Å². The summed E-state index contributed by atoms with van der Waals surface area (Å²) in [6.45, 7) is 3.48. The summed E-state index contributed by atoms with van der Waals surface area (Å²) >= 11 is 7.83. The molecular weight excluding hydrogens is 290 g/mol. The Morgan fingerprint density at radius 1 is 1.40 bits per heavy atom. The third kappa shape index (κ3) is 3.25. The first-order chi connectivity index (χ1) is 9.72. The summed E-state index contributed by atoms with van der Waals surface area (Å²) in [7, 11) is 2.21. The molecule has 1 fully saturated rings. The van der Waals surface area contributed by atoms with E-state index in [9.17, 15) is 0 Å². The van der Waals surface area contributed by atoms with E-state index in [4.69, 9.17) is 11.6 Å². The van der Waals surface area contributed by atoms with E-state index in [1.54, 1.807) is 11.3 Å². The Kier molecular flexibility index (Phi) is 4.44. The van der Waals surface area contributed by atoms with Crippen LogP contribution in [0.2, 0.25) is 5.02 Å². The second-order valence-electron chi connectivity index (χ2n) is 5.57. The zero-order chi connectivity index (χ0) is 13.9. The number of nitrogens with one attached hydrogen (secondary N) is 1. The van der Waals surface area contributed by atoms with Crippen molar-refractivity contribution in [2.45, 2.75) is 19.3 Å². The molecule has 1 aliphatic heterocycles. The number of likely N-dealkylation sites (tertiary alicyclic amines) is 1. The highest BCUT2D eigenvalue weighted by atomic mass is 35.5. The fraction of sp³-hybridized carbons (Fsp3) is 0.533. The molecule has 3 nitrogen and oxygen atoms in total. The maximum atomic E-state index is 6.18. The minimum Gasteiger partial charge on any atom is -0.361 e. The van der Waals surface area contributed by atoms with Crippen LogP contribution in [0, 0.1) is 5.92 Å². The summed E-state index contributed by atoms with van der Waals surface area (Å²) in [5.74, 6) is 0.858. The van der Waals surface area contributed by atoms with Gasteiger partial charge in [-0.05, 0) is 57.5 Å². The number of benzene rings is 1. The molecule has 0 amide bonds. The van der Waals surface area contributed by atoms with E-state index in [0.717, 1.165) is 32.8 Å². The molecule has 20 heavy (non-hydrogen) atoms. The summed E-state index contributed by atoms with van der Waals surface area (Å²) in [6.07, 6.45) is 3.88. The van der Waals surface area contributed by atoms with Crippen molar-refractivity contribution in [2.24, 2.45) is 5.92 Å². The molecule has 1 aromatic heterocycles. The fourth-order valence-corrected chi connectivity index (χ4v) is 3.91. The zero-order valence-electron chi connectivity index (χ0n) is 11.7. The number of piperidine rings is 1. The molecule has 1 N–H and O–H groups in total. The standard InChI is InChI=1S/C15H20ClN3S/c1-19-9-6-11(7-10-19)5-8-17-15-18-13-4-2-3-12(16)14(13)20-15/h2-4,11H,5-10H2,1H3,(H,17,18). The van der Waals surface area contributed by atoms with Crippen molar-refractivity contribution in [1.29, 1.82) is 0 Å². The van der Waals surface area contributed by atoms with Gasteiger partial charge in [-0.1, -0.05) is 29.0 Å². The summed E-state index contributed by atoms with van der Waals surface area (Å²) < 4.78 is 1.08. The van der Waals surface area contributed by atoms with Crippen LogP contribution in [0.5, 0.6) is 0 Å². The Balaban J connectivity index is 1.53. The number of rotatable bonds is 4. The van der Waals surface area contributed by atoms with Crippen molar-refractivity contribution in [2.75, 3.05) is 32.0 Å². The van der Waals surface area contributed by atoms with Crippen molar-refractivity contribution >= 4 is 38.3 Å². The van der Waals surface area contributed by atoms with Gasteiger partial charge in [0.05, 0.1) is 15.2 Å². The van der Waals surface area contributed by atoms with Crippen LogP contribution in [-0.4, -0.2) is 36.6 Å². The Hall–Kier alpha value is -0.840. The molecule has 1 saturated heterocycles. The molecular formula is C15H20ClN3S. The largest absolute Gasteiger partial charge is 0.361 e. The number of hydrogen-bond donors (Lipinski definition) is 1. The Bertz CT molecular complexity index is 576. The minimum atomic E-state index is 0.795. The molecule has 5 heteroatoms. The molecule has 108 valence electrons. The molecule has 0 aliphatic carbocycles.